The maximum atomic E-state index is 13.6. The van der Waals surface area contributed by atoms with Crippen molar-refractivity contribution in [2.45, 2.75) is 0 Å². The van der Waals surface area contributed by atoms with Gasteiger partial charge in [0.1, 0.15) is 5.82 Å². The lowest BCUT2D eigenvalue weighted by atomic mass is 10.1. The Balaban J connectivity index is 2.67. The maximum Gasteiger partial charge on any atom is 0.340 e. The van der Waals surface area contributed by atoms with Crippen molar-refractivity contribution in [3.8, 4) is 0 Å². The molecular weight excluding hydrogens is 205 g/mol. The van der Waals surface area contributed by atoms with Crippen LogP contribution in [-0.2, 0) is 4.74 Å². The predicted octanol–water partition coefficient (Wildman–Crippen LogP) is 2.22. The molecule has 2 aromatic rings. The topological polar surface area (TPSA) is 39.2 Å². The lowest BCUT2D eigenvalue weighted by Crippen LogP contribution is -2.03. The molecule has 0 N–H and O–H groups in total. The highest BCUT2D eigenvalue weighted by Gasteiger charge is 2.15. The largest absolute Gasteiger partial charge is 0.465 e. The molecule has 2 rings (SSSR count). The lowest BCUT2D eigenvalue weighted by Gasteiger charge is -2.00. The second-order valence-corrected chi connectivity index (χ2v) is 3.49. The zero-order valence-electron chi connectivity index (χ0n) is 7.28. The summed E-state index contributed by atoms with van der Waals surface area (Å²) in [5, 5.41) is 0.359. The van der Waals surface area contributed by atoms with Gasteiger partial charge in [0.15, 0.2) is 0 Å². The summed E-state index contributed by atoms with van der Waals surface area (Å²) in [5.41, 5.74) is -0.0554. The Hall–Kier alpha value is -1.49. The van der Waals surface area contributed by atoms with Crippen LogP contribution in [0.15, 0.2) is 18.3 Å². The van der Waals surface area contributed by atoms with E-state index in [0.29, 0.717) is 5.39 Å². The molecule has 0 saturated heterocycles. The molecule has 0 radical (unpaired) electrons. The molecule has 72 valence electrons. The van der Waals surface area contributed by atoms with E-state index in [-0.39, 0.29) is 5.56 Å². The molecule has 0 spiro atoms. The molecule has 0 unspecified atom stereocenters. The zero-order valence-corrected chi connectivity index (χ0v) is 8.10. The van der Waals surface area contributed by atoms with Gasteiger partial charge in [-0.3, -0.25) is 0 Å². The van der Waals surface area contributed by atoms with Gasteiger partial charge >= 0.3 is 5.97 Å². The summed E-state index contributed by atoms with van der Waals surface area (Å²) < 4.78 is 22.6. The van der Waals surface area contributed by atoms with E-state index in [1.54, 1.807) is 6.07 Å². The minimum absolute atomic E-state index is 0.0554. The van der Waals surface area contributed by atoms with Crippen LogP contribution >= 0.6 is 11.5 Å². The first-order chi connectivity index (χ1) is 6.74. The van der Waals surface area contributed by atoms with Crippen LogP contribution < -0.4 is 0 Å². The molecule has 0 aliphatic carbocycles. The fourth-order valence-electron chi connectivity index (χ4n) is 1.18. The zero-order chi connectivity index (χ0) is 10.1. The molecule has 0 saturated carbocycles. The van der Waals surface area contributed by atoms with Crippen molar-refractivity contribution in [3.05, 3.63) is 29.7 Å². The number of halogens is 1. The lowest BCUT2D eigenvalue weighted by molar-refractivity contribution is 0.0596. The summed E-state index contributed by atoms with van der Waals surface area (Å²) in [6, 6.07) is 3.06. The number of carbonyl (C=O) groups excluding carboxylic acids is 1. The number of aromatic nitrogens is 1. The average Bonchev–Trinajstić information content (AvgIpc) is 2.66. The number of carbonyl (C=O) groups is 1. The third-order valence-electron chi connectivity index (χ3n) is 1.88. The van der Waals surface area contributed by atoms with Crippen LogP contribution in [-0.4, -0.2) is 17.5 Å². The van der Waals surface area contributed by atoms with E-state index in [1.165, 1.54) is 30.9 Å². The van der Waals surface area contributed by atoms with Gasteiger partial charge in [0.25, 0.3) is 0 Å². The van der Waals surface area contributed by atoms with Crippen molar-refractivity contribution in [2.24, 2.45) is 0 Å². The van der Waals surface area contributed by atoms with Crippen molar-refractivity contribution in [1.82, 2.24) is 4.37 Å². The van der Waals surface area contributed by atoms with E-state index in [1.807, 2.05) is 0 Å². The molecular formula is C9H6FNO2S. The predicted molar refractivity (Wildman–Crippen MR) is 50.9 cm³/mol. The smallest absolute Gasteiger partial charge is 0.340 e. The van der Waals surface area contributed by atoms with Crippen LogP contribution in [0.5, 0.6) is 0 Å². The summed E-state index contributed by atoms with van der Waals surface area (Å²) in [7, 11) is 1.22. The molecule has 3 nitrogen and oxygen atoms in total. The SMILES string of the molecule is COC(=O)c1ccc2sncc2c1F. The quantitative estimate of drug-likeness (QED) is 0.679. The van der Waals surface area contributed by atoms with Crippen molar-refractivity contribution in [1.29, 1.82) is 0 Å². The molecule has 5 heteroatoms. The second kappa shape index (κ2) is 3.34. The molecule has 0 bridgehead atoms. The van der Waals surface area contributed by atoms with Crippen LogP contribution in [0.2, 0.25) is 0 Å². The van der Waals surface area contributed by atoms with Crippen molar-refractivity contribution in [2.75, 3.05) is 7.11 Å². The third-order valence-corrected chi connectivity index (χ3v) is 2.64. The van der Waals surface area contributed by atoms with Crippen molar-refractivity contribution >= 4 is 27.6 Å². The minimum Gasteiger partial charge on any atom is -0.465 e. The Morgan fingerprint density at radius 1 is 1.57 bits per heavy atom. The Labute approximate surface area is 83.3 Å². The fourth-order valence-corrected chi connectivity index (χ4v) is 1.82. The van der Waals surface area contributed by atoms with Gasteiger partial charge < -0.3 is 4.74 Å². The second-order valence-electron chi connectivity index (χ2n) is 2.66. The molecule has 1 heterocycles. The van der Waals surface area contributed by atoms with Gasteiger partial charge in [-0.1, -0.05) is 0 Å². The van der Waals surface area contributed by atoms with Gasteiger partial charge in [-0.15, -0.1) is 0 Å². The standard InChI is InChI=1S/C9H6FNO2S/c1-13-9(12)5-2-3-7-6(8(5)10)4-11-14-7/h2-4H,1H3. The monoisotopic (exact) mass is 211 g/mol. The number of rotatable bonds is 1. The Morgan fingerprint density at radius 2 is 2.36 bits per heavy atom. The van der Waals surface area contributed by atoms with Crippen LogP contribution in [0.3, 0.4) is 0 Å². The van der Waals surface area contributed by atoms with E-state index in [9.17, 15) is 9.18 Å². The van der Waals surface area contributed by atoms with E-state index >= 15 is 0 Å². The summed E-state index contributed by atoms with van der Waals surface area (Å²) in [6.07, 6.45) is 1.40. The number of hydrogen-bond acceptors (Lipinski definition) is 4. The summed E-state index contributed by atoms with van der Waals surface area (Å²) >= 11 is 1.19. The maximum absolute atomic E-state index is 13.6. The summed E-state index contributed by atoms with van der Waals surface area (Å²) in [4.78, 5) is 11.1. The normalized spacial score (nSPS) is 10.4. The molecule has 0 aliphatic rings. The Kier molecular flexibility index (Phi) is 2.17. The fraction of sp³-hybridized carbons (Fsp3) is 0.111. The first-order valence-electron chi connectivity index (χ1n) is 3.85. The summed E-state index contributed by atoms with van der Waals surface area (Å²) in [5.74, 6) is -1.24. The number of esters is 1. The van der Waals surface area contributed by atoms with Gasteiger partial charge in [0, 0.05) is 5.39 Å². The number of hydrogen-bond donors (Lipinski definition) is 0. The van der Waals surface area contributed by atoms with Gasteiger partial charge in [0.05, 0.1) is 23.6 Å². The van der Waals surface area contributed by atoms with Gasteiger partial charge in [0.2, 0.25) is 0 Å². The first-order valence-corrected chi connectivity index (χ1v) is 4.62. The molecule has 0 fully saturated rings. The van der Waals surface area contributed by atoms with Crippen LogP contribution in [0.4, 0.5) is 4.39 Å². The molecule has 14 heavy (non-hydrogen) atoms. The number of nitrogens with zero attached hydrogens (tertiary/aromatic N) is 1. The van der Waals surface area contributed by atoms with E-state index < -0.39 is 11.8 Å². The van der Waals surface area contributed by atoms with Gasteiger partial charge in [-0.2, -0.15) is 4.37 Å². The van der Waals surface area contributed by atoms with Crippen LogP contribution in [0.25, 0.3) is 10.1 Å². The van der Waals surface area contributed by atoms with Gasteiger partial charge in [-0.25, -0.2) is 9.18 Å². The van der Waals surface area contributed by atoms with Crippen molar-refractivity contribution in [3.63, 3.8) is 0 Å². The first kappa shape index (κ1) is 9.08. The Morgan fingerprint density at radius 3 is 3.07 bits per heavy atom. The highest BCUT2D eigenvalue weighted by Crippen LogP contribution is 2.23. The van der Waals surface area contributed by atoms with E-state index in [0.717, 1.165) is 4.70 Å². The minimum atomic E-state index is -0.671. The molecule has 0 atom stereocenters. The number of methoxy groups -OCH3 is 1. The highest BCUT2D eigenvalue weighted by atomic mass is 32.1. The molecule has 0 amide bonds. The molecule has 1 aromatic carbocycles. The van der Waals surface area contributed by atoms with Gasteiger partial charge in [-0.05, 0) is 23.7 Å². The number of fused-ring (bicyclic) bond motifs is 1. The molecule has 0 aliphatic heterocycles. The summed E-state index contributed by atoms with van der Waals surface area (Å²) in [6.45, 7) is 0. The van der Waals surface area contributed by atoms with E-state index in [2.05, 4.69) is 9.11 Å². The highest BCUT2D eigenvalue weighted by molar-refractivity contribution is 7.13. The average molecular weight is 211 g/mol. The third kappa shape index (κ3) is 1.26. The van der Waals surface area contributed by atoms with E-state index in [4.69, 9.17) is 0 Å². The number of ether oxygens (including phenoxy) is 1. The van der Waals surface area contributed by atoms with Crippen LogP contribution in [0.1, 0.15) is 10.4 Å². The van der Waals surface area contributed by atoms with Crippen molar-refractivity contribution < 1.29 is 13.9 Å². The van der Waals surface area contributed by atoms with Crippen LogP contribution in [0, 0.1) is 5.82 Å². The number of benzene rings is 1. The molecule has 1 aromatic heterocycles. The Bertz CT molecular complexity index is 495.